The average molecular weight is 413 g/mol. The molecule has 0 saturated carbocycles. The van der Waals surface area contributed by atoms with Crippen LogP contribution in [0.4, 0.5) is 0 Å². The first-order valence-corrected chi connectivity index (χ1v) is 10.4. The molecular weight excluding hydrogens is 394 g/mol. The monoisotopic (exact) mass is 413 g/mol. The van der Waals surface area contributed by atoms with Crippen LogP contribution >= 0.6 is 0 Å². The lowest BCUT2D eigenvalue weighted by Gasteiger charge is -2.08. The zero-order valence-corrected chi connectivity index (χ0v) is 17.2. The molecule has 6 aromatic rings. The molecule has 0 fully saturated rings. The van der Waals surface area contributed by atoms with Crippen molar-refractivity contribution in [1.82, 2.24) is 14.1 Å². The van der Waals surface area contributed by atoms with E-state index in [0.29, 0.717) is 5.70 Å². The van der Waals surface area contributed by atoms with Crippen molar-refractivity contribution in [2.75, 3.05) is 0 Å². The van der Waals surface area contributed by atoms with Crippen molar-refractivity contribution >= 4 is 62.0 Å². The van der Waals surface area contributed by atoms with Crippen LogP contribution in [-0.4, -0.2) is 26.7 Å². The minimum atomic E-state index is 0.686. The lowest BCUT2D eigenvalue weighted by atomic mass is 10.1. The molecule has 3 heterocycles. The number of hydrogen-bond acceptors (Lipinski definition) is 2. The van der Waals surface area contributed by atoms with Crippen LogP contribution in [0.1, 0.15) is 0 Å². The van der Waals surface area contributed by atoms with E-state index in [4.69, 9.17) is 10.4 Å². The largest absolute Gasteiger partial charge is 0.308 e. The van der Waals surface area contributed by atoms with Crippen LogP contribution in [-0.2, 0) is 0 Å². The zero-order valence-electron chi connectivity index (χ0n) is 17.2. The summed E-state index contributed by atoms with van der Waals surface area (Å²) >= 11 is 0. The summed E-state index contributed by atoms with van der Waals surface area (Å²) in [6.07, 6.45) is 4.61. The van der Waals surface area contributed by atoms with Gasteiger partial charge in [-0.3, -0.25) is 10.4 Å². The molecule has 3 aromatic carbocycles. The van der Waals surface area contributed by atoms with Gasteiger partial charge in [-0.05, 0) is 24.3 Å². The van der Waals surface area contributed by atoms with Crippen LogP contribution in [0.25, 0.3) is 55.1 Å². The SMILES string of the molecule is C=C(C=NC=N)n1c2ccccc2c2ncc3c(c4ccccc4n3-c3ccccc3)c21. The Kier molecular flexibility index (Phi) is 4.01. The van der Waals surface area contributed by atoms with Crippen molar-refractivity contribution in [2.24, 2.45) is 4.99 Å². The van der Waals surface area contributed by atoms with Crippen molar-refractivity contribution in [1.29, 1.82) is 5.41 Å². The predicted molar refractivity (Wildman–Crippen MR) is 134 cm³/mol. The fourth-order valence-corrected chi connectivity index (χ4v) is 4.67. The number of para-hydroxylation sites is 3. The van der Waals surface area contributed by atoms with Gasteiger partial charge in [0.05, 0.1) is 45.7 Å². The number of aromatic nitrogens is 3. The molecule has 5 heteroatoms. The summed E-state index contributed by atoms with van der Waals surface area (Å²) in [6, 6.07) is 27.0. The van der Waals surface area contributed by atoms with E-state index < -0.39 is 0 Å². The lowest BCUT2D eigenvalue weighted by Crippen LogP contribution is -1.98. The molecule has 32 heavy (non-hydrogen) atoms. The lowest BCUT2D eigenvalue weighted by molar-refractivity contribution is 1.17. The number of allylic oxidation sites excluding steroid dienone is 1. The van der Waals surface area contributed by atoms with E-state index in [1.54, 1.807) is 6.21 Å². The Morgan fingerprint density at radius 1 is 0.844 bits per heavy atom. The Balaban J connectivity index is 1.87. The molecule has 0 aliphatic carbocycles. The molecule has 5 nitrogen and oxygen atoms in total. The summed E-state index contributed by atoms with van der Waals surface area (Å²) in [5.41, 5.74) is 6.87. The van der Waals surface area contributed by atoms with Crippen LogP contribution in [0, 0.1) is 5.41 Å². The van der Waals surface area contributed by atoms with Gasteiger partial charge in [-0.25, -0.2) is 4.99 Å². The van der Waals surface area contributed by atoms with Crippen molar-refractivity contribution < 1.29 is 0 Å². The van der Waals surface area contributed by atoms with Crippen LogP contribution < -0.4 is 0 Å². The van der Waals surface area contributed by atoms with Crippen LogP contribution in [0.3, 0.4) is 0 Å². The third-order valence-electron chi connectivity index (χ3n) is 5.91. The molecule has 3 aromatic heterocycles. The molecule has 0 radical (unpaired) electrons. The Morgan fingerprint density at radius 3 is 2.31 bits per heavy atom. The first-order valence-electron chi connectivity index (χ1n) is 10.4. The minimum Gasteiger partial charge on any atom is -0.308 e. The van der Waals surface area contributed by atoms with Crippen molar-refractivity contribution in [3.05, 3.63) is 91.6 Å². The summed E-state index contributed by atoms with van der Waals surface area (Å²) in [5.74, 6) is 0. The molecule has 0 bridgehead atoms. The molecule has 0 amide bonds. The first kappa shape index (κ1) is 18.3. The van der Waals surface area contributed by atoms with Gasteiger partial charge >= 0.3 is 0 Å². The minimum absolute atomic E-state index is 0.686. The van der Waals surface area contributed by atoms with E-state index >= 15 is 0 Å². The molecule has 0 saturated heterocycles. The third kappa shape index (κ3) is 2.48. The van der Waals surface area contributed by atoms with Gasteiger partial charge in [0.15, 0.2) is 0 Å². The first-order chi connectivity index (χ1) is 15.8. The number of benzene rings is 3. The maximum absolute atomic E-state index is 7.30. The van der Waals surface area contributed by atoms with E-state index in [1.807, 2.05) is 24.4 Å². The molecule has 0 unspecified atom stereocenters. The number of rotatable bonds is 4. The summed E-state index contributed by atoms with van der Waals surface area (Å²) in [5, 5.41) is 10.6. The highest BCUT2D eigenvalue weighted by Crippen LogP contribution is 2.40. The molecule has 152 valence electrons. The van der Waals surface area contributed by atoms with E-state index in [2.05, 4.69) is 81.4 Å². The molecule has 6 rings (SSSR count). The summed E-state index contributed by atoms with van der Waals surface area (Å²) in [7, 11) is 0. The number of nitrogens with one attached hydrogen (secondary N) is 1. The molecule has 0 aliphatic heterocycles. The van der Waals surface area contributed by atoms with E-state index in [9.17, 15) is 0 Å². The number of aliphatic imine (C=N–C) groups is 1. The molecule has 1 N–H and O–H groups in total. The summed E-state index contributed by atoms with van der Waals surface area (Å²) < 4.78 is 4.36. The van der Waals surface area contributed by atoms with Gasteiger partial charge in [0.25, 0.3) is 0 Å². The number of fused-ring (bicyclic) bond motifs is 7. The van der Waals surface area contributed by atoms with Gasteiger partial charge in [0, 0.05) is 21.8 Å². The highest BCUT2D eigenvalue weighted by atomic mass is 15.0. The Morgan fingerprint density at radius 2 is 1.53 bits per heavy atom. The molecule has 0 atom stereocenters. The Hall–Kier alpha value is -4.51. The fraction of sp³-hybridized carbons (Fsp3) is 0. The Bertz CT molecular complexity index is 1700. The van der Waals surface area contributed by atoms with Crippen LogP contribution in [0.5, 0.6) is 0 Å². The van der Waals surface area contributed by atoms with Gasteiger partial charge in [-0.15, -0.1) is 0 Å². The summed E-state index contributed by atoms with van der Waals surface area (Å²) in [6.45, 7) is 4.26. The second-order valence-electron chi connectivity index (χ2n) is 7.65. The highest BCUT2D eigenvalue weighted by molar-refractivity contribution is 6.26. The van der Waals surface area contributed by atoms with Crippen LogP contribution in [0.2, 0.25) is 0 Å². The Labute approximate surface area is 184 Å². The standard InChI is InChI=1S/C27H19N5/c1-18(15-29-17-28)31-23-14-8-6-12-21(23)26-27(31)25-20-11-5-7-13-22(20)32(24(25)16-30-26)19-9-3-2-4-10-19/h2-17,28H,1H2. The van der Waals surface area contributed by atoms with E-state index in [0.717, 1.165) is 55.8 Å². The topological polar surface area (TPSA) is 59.0 Å². The van der Waals surface area contributed by atoms with Crippen molar-refractivity contribution in [3.63, 3.8) is 0 Å². The maximum Gasteiger partial charge on any atom is 0.106 e. The zero-order chi connectivity index (χ0) is 21.7. The highest BCUT2D eigenvalue weighted by Gasteiger charge is 2.21. The summed E-state index contributed by atoms with van der Waals surface area (Å²) in [4.78, 5) is 8.94. The number of hydrogen-bond donors (Lipinski definition) is 1. The quantitative estimate of drug-likeness (QED) is 0.262. The number of nitrogens with zero attached hydrogens (tertiary/aromatic N) is 4. The third-order valence-corrected chi connectivity index (χ3v) is 5.91. The van der Waals surface area contributed by atoms with Crippen LogP contribution in [0.15, 0.2) is 96.6 Å². The molecular formula is C27H19N5. The molecule has 0 spiro atoms. The van der Waals surface area contributed by atoms with Gasteiger partial charge in [0.1, 0.15) is 6.34 Å². The van der Waals surface area contributed by atoms with Crippen molar-refractivity contribution in [3.8, 4) is 5.69 Å². The van der Waals surface area contributed by atoms with Crippen molar-refractivity contribution in [2.45, 2.75) is 0 Å². The predicted octanol–water partition coefficient (Wildman–Crippen LogP) is 6.44. The van der Waals surface area contributed by atoms with Gasteiger partial charge in [-0.1, -0.05) is 61.2 Å². The van der Waals surface area contributed by atoms with Gasteiger partial charge in [-0.2, -0.15) is 0 Å². The smallest absolute Gasteiger partial charge is 0.106 e. The average Bonchev–Trinajstić information content (AvgIpc) is 3.36. The molecule has 0 aliphatic rings. The number of pyridine rings is 1. The van der Waals surface area contributed by atoms with E-state index in [1.165, 1.54) is 0 Å². The maximum atomic E-state index is 7.30. The second-order valence-corrected chi connectivity index (χ2v) is 7.65. The van der Waals surface area contributed by atoms with Gasteiger partial charge in [0.2, 0.25) is 0 Å². The van der Waals surface area contributed by atoms with E-state index in [-0.39, 0.29) is 0 Å². The normalized spacial score (nSPS) is 11.9. The fourth-order valence-electron chi connectivity index (χ4n) is 4.67. The van der Waals surface area contributed by atoms with Gasteiger partial charge < -0.3 is 9.13 Å². The second kappa shape index (κ2) is 7.03.